The van der Waals surface area contributed by atoms with Gasteiger partial charge in [0.25, 0.3) is 0 Å². The van der Waals surface area contributed by atoms with Crippen LogP contribution in [0.2, 0.25) is 0 Å². The molecule has 0 saturated carbocycles. The number of allylic oxidation sites excluding steroid dienone is 6. The summed E-state index contributed by atoms with van der Waals surface area (Å²) in [7, 11) is 0. The molecule has 46 heavy (non-hydrogen) atoms. The normalized spacial score (nSPS) is 15.8. The molecule has 1 aliphatic carbocycles. The van der Waals surface area contributed by atoms with Gasteiger partial charge in [-0.05, 0) is 103 Å². The van der Waals surface area contributed by atoms with E-state index >= 15 is 0 Å². The highest BCUT2D eigenvalue weighted by atomic mass is 19.1. The van der Waals surface area contributed by atoms with Crippen molar-refractivity contribution in [3.63, 3.8) is 0 Å². The summed E-state index contributed by atoms with van der Waals surface area (Å²) in [5.74, 6) is -0.744. The van der Waals surface area contributed by atoms with Crippen LogP contribution in [0.5, 0.6) is 0 Å². The SMILES string of the molecule is C=C(Cc1ccc(CCCCCCCCCc2ccc(CC(=C)c3ccc(C#N)cc3F)cc2)cc1)C1=CCC(C)(C#N)C=C1F. The number of unbranched alkanes of at least 4 members (excludes halogenated alkanes) is 6. The van der Waals surface area contributed by atoms with Crippen molar-refractivity contribution in [2.24, 2.45) is 5.41 Å². The molecule has 0 amide bonds. The van der Waals surface area contributed by atoms with Crippen molar-refractivity contribution >= 4 is 5.57 Å². The average molecular weight is 615 g/mol. The Kier molecular flexibility index (Phi) is 12.4. The van der Waals surface area contributed by atoms with E-state index in [1.54, 1.807) is 25.1 Å². The third-order valence-corrected chi connectivity index (χ3v) is 8.86. The molecular weight excluding hydrogens is 570 g/mol. The molecule has 3 aromatic carbocycles. The summed E-state index contributed by atoms with van der Waals surface area (Å²) in [5.41, 5.74) is 6.88. The van der Waals surface area contributed by atoms with Gasteiger partial charge in [-0.2, -0.15) is 10.5 Å². The molecule has 0 radical (unpaired) electrons. The Hall–Kier alpha value is -4.54. The fourth-order valence-corrected chi connectivity index (χ4v) is 5.96. The minimum absolute atomic E-state index is 0.315. The number of hydrogen-bond donors (Lipinski definition) is 0. The summed E-state index contributed by atoms with van der Waals surface area (Å²) >= 11 is 0. The predicted molar refractivity (Wildman–Crippen MR) is 185 cm³/mol. The van der Waals surface area contributed by atoms with Crippen molar-refractivity contribution in [2.75, 3.05) is 0 Å². The number of hydrogen-bond acceptors (Lipinski definition) is 2. The molecule has 236 valence electrons. The van der Waals surface area contributed by atoms with Gasteiger partial charge in [-0.25, -0.2) is 8.78 Å². The van der Waals surface area contributed by atoms with E-state index in [4.69, 9.17) is 5.26 Å². The van der Waals surface area contributed by atoms with Crippen LogP contribution >= 0.6 is 0 Å². The molecule has 0 aromatic heterocycles. The van der Waals surface area contributed by atoms with E-state index in [1.807, 2.05) is 6.07 Å². The van der Waals surface area contributed by atoms with Gasteiger partial charge in [0.2, 0.25) is 0 Å². The number of benzene rings is 3. The van der Waals surface area contributed by atoms with Crippen LogP contribution in [0.4, 0.5) is 8.78 Å². The van der Waals surface area contributed by atoms with Gasteiger partial charge < -0.3 is 0 Å². The second kappa shape index (κ2) is 16.7. The summed E-state index contributed by atoms with van der Waals surface area (Å²) in [4.78, 5) is 0. The largest absolute Gasteiger partial charge is 0.207 e. The molecule has 0 fully saturated rings. The van der Waals surface area contributed by atoms with Crippen LogP contribution in [0, 0.1) is 33.9 Å². The monoisotopic (exact) mass is 614 g/mol. The average Bonchev–Trinajstić information content (AvgIpc) is 3.05. The highest BCUT2D eigenvalue weighted by Gasteiger charge is 2.27. The fraction of sp³-hybridized carbons (Fsp3) is 0.333. The number of rotatable bonds is 16. The van der Waals surface area contributed by atoms with Gasteiger partial charge >= 0.3 is 0 Å². The summed E-state index contributed by atoms with van der Waals surface area (Å²) < 4.78 is 28.9. The standard InChI is InChI=1S/C42H44F2N2/c1-31(38-22-21-37(29-45)27-40(38)43)25-35-17-13-33(14-18-35)11-9-7-5-4-6-8-10-12-34-15-19-36(20-16-34)26-32(2)39-23-24-42(3,30-46)28-41(39)44/h13-23,27-28H,1-2,4-12,24-26H2,3H3. The Labute approximate surface area is 274 Å². The van der Waals surface area contributed by atoms with Crippen LogP contribution in [0.25, 0.3) is 5.57 Å². The predicted octanol–water partition coefficient (Wildman–Crippen LogP) is 11.3. The molecule has 0 saturated heterocycles. The molecule has 0 heterocycles. The van der Waals surface area contributed by atoms with Gasteiger partial charge in [0.15, 0.2) is 0 Å². The lowest BCUT2D eigenvalue weighted by Crippen LogP contribution is -2.14. The quantitative estimate of drug-likeness (QED) is 0.151. The van der Waals surface area contributed by atoms with Crippen LogP contribution in [-0.4, -0.2) is 0 Å². The Morgan fingerprint density at radius 1 is 0.717 bits per heavy atom. The maximum absolute atomic E-state index is 14.6. The fourth-order valence-electron chi connectivity index (χ4n) is 5.96. The molecule has 1 aliphatic rings. The molecule has 4 heteroatoms. The first-order valence-electron chi connectivity index (χ1n) is 16.4. The Morgan fingerprint density at radius 3 is 1.70 bits per heavy atom. The Bertz CT molecular complexity index is 1660. The molecular formula is C42H44F2N2. The van der Waals surface area contributed by atoms with E-state index < -0.39 is 11.2 Å². The maximum atomic E-state index is 14.6. The summed E-state index contributed by atoms with van der Waals surface area (Å²) in [6, 6.07) is 25.8. The zero-order chi connectivity index (χ0) is 32.9. The summed E-state index contributed by atoms with van der Waals surface area (Å²) in [6.07, 6.45) is 15.7. The van der Waals surface area contributed by atoms with Gasteiger partial charge in [-0.3, -0.25) is 0 Å². The van der Waals surface area contributed by atoms with Crippen LogP contribution in [0.3, 0.4) is 0 Å². The van der Waals surface area contributed by atoms with Crippen LogP contribution in [0.1, 0.15) is 91.7 Å². The minimum Gasteiger partial charge on any atom is -0.207 e. The molecule has 0 aliphatic heterocycles. The van der Waals surface area contributed by atoms with Gasteiger partial charge in [0.05, 0.1) is 23.1 Å². The van der Waals surface area contributed by atoms with Crippen LogP contribution < -0.4 is 0 Å². The molecule has 0 spiro atoms. The molecule has 0 N–H and O–H groups in total. The van der Waals surface area contributed by atoms with E-state index in [0.717, 1.165) is 29.5 Å². The van der Waals surface area contributed by atoms with Crippen molar-refractivity contribution in [1.29, 1.82) is 10.5 Å². The van der Waals surface area contributed by atoms with Crippen molar-refractivity contribution < 1.29 is 8.78 Å². The Balaban J connectivity index is 1.06. The third kappa shape index (κ3) is 9.98. The number of aryl methyl sites for hydroxylation is 2. The molecule has 1 atom stereocenters. The summed E-state index contributed by atoms with van der Waals surface area (Å²) in [5, 5.41) is 18.2. The van der Waals surface area contributed by atoms with Crippen molar-refractivity contribution in [3.05, 3.63) is 148 Å². The molecule has 1 unspecified atom stereocenters. The van der Waals surface area contributed by atoms with Gasteiger partial charge in [0, 0.05) is 11.1 Å². The zero-order valence-electron chi connectivity index (χ0n) is 27.1. The van der Waals surface area contributed by atoms with Crippen LogP contribution in [-0.2, 0) is 25.7 Å². The first kappa shape index (κ1) is 34.3. The third-order valence-electron chi connectivity index (χ3n) is 8.86. The zero-order valence-corrected chi connectivity index (χ0v) is 27.1. The second-order valence-corrected chi connectivity index (χ2v) is 12.8. The van der Waals surface area contributed by atoms with E-state index in [9.17, 15) is 14.0 Å². The second-order valence-electron chi connectivity index (χ2n) is 12.8. The molecule has 4 rings (SSSR count). The van der Waals surface area contributed by atoms with E-state index in [-0.39, 0.29) is 5.83 Å². The van der Waals surface area contributed by atoms with Gasteiger partial charge in [-0.15, -0.1) is 0 Å². The molecule has 2 nitrogen and oxygen atoms in total. The first-order valence-corrected chi connectivity index (χ1v) is 16.4. The number of halogens is 2. The molecule has 0 bridgehead atoms. The van der Waals surface area contributed by atoms with Crippen molar-refractivity contribution in [2.45, 2.75) is 84.0 Å². The highest BCUT2D eigenvalue weighted by molar-refractivity contribution is 5.66. The first-order chi connectivity index (χ1) is 22.2. The smallest absolute Gasteiger partial charge is 0.132 e. The number of nitriles is 2. The lowest BCUT2D eigenvalue weighted by Gasteiger charge is -2.22. The van der Waals surface area contributed by atoms with Crippen molar-refractivity contribution in [1.82, 2.24) is 0 Å². The minimum atomic E-state index is -0.775. The lowest BCUT2D eigenvalue weighted by molar-refractivity contribution is 0.524. The number of nitrogens with zero attached hydrogens (tertiary/aromatic N) is 2. The lowest BCUT2D eigenvalue weighted by atomic mass is 9.81. The molecule has 3 aromatic rings. The van der Waals surface area contributed by atoms with Gasteiger partial charge in [-0.1, -0.05) is 106 Å². The van der Waals surface area contributed by atoms with Crippen molar-refractivity contribution in [3.8, 4) is 12.1 Å². The summed E-state index contributed by atoms with van der Waals surface area (Å²) in [6.45, 7) is 9.91. The van der Waals surface area contributed by atoms with Crippen LogP contribution in [0.15, 0.2) is 109 Å². The van der Waals surface area contributed by atoms with E-state index in [0.29, 0.717) is 41.5 Å². The maximum Gasteiger partial charge on any atom is 0.132 e. The topological polar surface area (TPSA) is 47.6 Å². The van der Waals surface area contributed by atoms with E-state index in [2.05, 4.69) is 67.8 Å². The van der Waals surface area contributed by atoms with E-state index in [1.165, 1.54) is 68.2 Å². The Morgan fingerprint density at radius 2 is 1.22 bits per heavy atom. The highest BCUT2D eigenvalue weighted by Crippen LogP contribution is 2.36. The van der Waals surface area contributed by atoms with Gasteiger partial charge in [0.1, 0.15) is 11.6 Å².